The third-order valence-electron chi connectivity index (χ3n) is 4.69. The summed E-state index contributed by atoms with van der Waals surface area (Å²) in [5, 5.41) is 0.691. The van der Waals surface area contributed by atoms with E-state index < -0.39 is 0 Å². The van der Waals surface area contributed by atoms with Gasteiger partial charge in [0.05, 0.1) is 6.42 Å². The van der Waals surface area contributed by atoms with Crippen molar-refractivity contribution in [2.24, 2.45) is 17.6 Å². The van der Waals surface area contributed by atoms with Crippen LogP contribution in [0.1, 0.15) is 24.8 Å². The number of halogens is 1. The van der Waals surface area contributed by atoms with Gasteiger partial charge in [0.15, 0.2) is 0 Å². The van der Waals surface area contributed by atoms with Crippen LogP contribution in [0.3, 0.4) is 0 Å². The van der Waals surface area contributed by atoms with Crippen LogP contribution in [0, 0.1) is 11.8 Å². The normalized spacial score (nSPS) is 29.3. The summed E-state index contributed by atoms with van der Waals surface area (Å²) in [6, 6.07) is 7.90. The second kappa shape index (κ2) is 5.74. The Morgan fingerprint density at radius 1 is 1.30 bits per heavy atom. The van der Waals surface area contributed by atoms with Crippen molar-refractivity contribution >= 4 is 17.5 Å². The summed E-state index contributed by atoms with van der Waals surface area (Å²) in [5.74, 6) is 1.50. The number of likely N-dealkylation sites (tertiary alicyclic amines) is 1. The Balaban J connectivity index is 1.61. The van der Waals surface area contributed by atoms with E-state index in [9.17, 15) is 4.79 Å². The molecule has 2 N–H and O–H groups in total. The Hall–Kier alpha value is -1.06. The first kappa shape index (κ1) is 13.9. The number of carbonyl (C=O) groups excluding carboxylic acids is 1. The third kappa shape index (κ3) is 2.99. The first-order valence-corrected chi connectivity index (χ1v) is 7.77. The average Bonchev–Trinajstić information content (AvgIpc) is 2.81. The van der Waals surface area contributed by atoms with Crippen molar-refractivity contribution in [1.82, 2.24) is 4.90 Å². The maximum absolute atomic E-state index is 12.4. The molecule has 0 bridgehead atoms. The monoisotopic (exact) mass is 292 g/mol. The van der Waals surface area contributed by atoms with Crippen molar-refractivity contribution in [2.75, 3.05) is 13.1 Å². The van der Waals surface area contributed by atoms with E-state index in [-0.39, 0.29) is 5.91 Å². The zero-order chi connectivity index (χ0) is 14.1. The van der Waals surface area contributed by atoms with Crippen LogP contribution in [0.4, 0.5) is 0 Å². The maximum atomic E-state index is 12.4. The molecule has 0 spiro atoms. The second-order valence-corrected chi connectivity index (χ2v) is 6.64. The van der Waals surface area contributed by atoms with Crippen LogP contribution < -0.4 is 5.73 Å². The lowest BCUT2D eigenvalue weighted by Crippen LogP contribution is -2.32. The first-order valence-electron chi connectivity index (χ1n) is 7.39. The molecule has 0 aromatic heterocycles. The van der Waals surface area contributed by atoms with Crippen molar-refractivity contribution in [3.05, 3.63) is 34.9 Å². The van der Waals surface area contributed by atoms with Crippen LogP contribution in [-0.2, 0) is 11.2 Å². The lowest BCUT2D eigenvalue weighted by molar-refractivity contribution is -0.129. The number of fused-ring (bicyclic) bond motifs is 1. The van der Waals surface area contributed by atoms with Gasteiger partial charge in [0.2, 0.25) is 5.91 Å². The summed E-state index contributed by atoms with van der Waals surface area (Å²) in [5.41, 5.74) is 7.03. The molecule has 1 aliphatic carbocycles. The molecule has 1 aromatic carbocycles. The van der Waals surface area contributed by atoms with E-state index in [0.717, 1.165) is 31.5 Å². The Morgan fingerprint density at radius 2 is 2.10 bits per heavy atom. The smallest absolute Gasteiger partial charge is 0.227 e. The third-order valence-corrected chi connectivity index (χ3v) is 4.92. The van der Waals surface area contributed by atoms with Crippen LogP contribution in [0.25, 0.3) is 0 Å². The fraction of sp³-hybridized carbons (Fsp3) is 0.562. The molecule has 3 rings (SSSR count). The molecule has 1 unspecified atom stereocenters. The highest BCUT2D eigenvalue weighted by molar-refractivity contribution is 6.30. The van der Waals surface area contributed by atoms with E-state index in [1.807, 2.05) is 29.2 Å². The van der Waals surface area contributed by atoms with Crippen LogP contribution in [0.2, 0.25) is 5.02 Å². The van der Waals surface area contributed by atoms with E-state index in [1.165, 1.54) is 6.42 Å². The number of nitrogens with two attached hydrogens (primary N) is 1. The van der Waals surface area contributed by atoms with Gasteiger partial charge in [-0.25, -0.2) is 0 Å². The number of hydrogen-bond acceptors (Lipinski definition) is 2. The molecule has 0 radical (unpaired) electrons. The second-order valence-electron chi connectivity index (χ2n) is 6.20. The molecule has 2 fully saturated rings. The maximum Gasteiger partial charge on any atom is 0.227 e. The lowest BCUT2D eigenvalue weighted by atomic mass is 9.79. The predicted octanol–water partition coefficient (Wildman–Crippen LogP) is 2.47. The highest BCUT2D eigenvalue weighted by Gasteiger charge is 2.38. The zero-order valence-corrected chi connectivity index (χ0v) is 12.4. The standard InChI is InChI=1S/C16H21ClN2O/c17-14-3-1-2-11(6-14)7-16(20)19-9-12-4-5-15(18)8-13(12)10-19/h1-3,6,12-13,15H,4-5,7-10,18H2/t12-,13+,15?/m1/s1. The van der Waals surface area contributed by atoms with Gasteiger partial charge in [-0.15, -0.1) is 0 Å². The average molecular weight is 293 g/mol. The molecule has 4 heteroatoms. The minimum atomic E-state index is 0.218. The fourth-order valence-corrected chi connectivity index (χ4v) is 3.82. The fourth-order valence-electron chi connectivity index (χ4n) is 3.60. The van der Waals surface area contributed by atoms with Crippen molar-refractivity contribution in [3.63, 3.8) is 0 Å². The molecule has 3 nitrogen and oxygen atoms in total. The quantitative estimate of drug-likeness (QED) is 0.910. The molecular formula is C16H21ClN2O. The highest BCUT2D eigenvalue weighted by Crippen LogP contribution is 2.35. The Bertz CT molecular complexity index is 505. The van der Waals surface area contributed by atoms with Gasteiger partial charge in [-0.1, -0.05) is 23.7 Å². The Morgan fingerprint density at radius 3 is 2.90 bits per heavy atom. The first-order chi connectivity index (χ1) is 9.61. The van der Waals surface area contributed by atoms with E-state index in [0.29, 0.717) is 29.3 Å². The van der Waals surface area contributed by atoms with Gasteiger partial charge in [-0.3, -0.25) is 4.79 Å². The van der Waals surface area contributed by atoms with Gasteiger partial charge >= 0.3 is 0 Å². The van der Waals surface area contributed by atoms with E-state index in [1.54, 1.807) is 0 Å². The van der Waals surface area contributed by atoms with E-state index in [4.69, 9.17) is 17.3 Å². The summed E-state index contributed by atoms with van der Waals surface area (Å²) in [6.45, 7) is 1.80. The molecule has 1 aromatic rings. The van der Waals surface area contributed by atoms with Gasteiger partial charge in [-0.05, 0) is 48.8 Å². The summed E-state index contributed by atoms with van der Waals surface area (Å²) < 4.78 is 0. The highest BCUT2D eigenvalue weighted by atomic mass is 35.5. The van der Waals surface area contributed by atoms with Crippen molar-refractivity contribution < 1.29 is 4.79 Å². The van der Waals surface area contributed by atoms with Crippen LogP contribution in [-0.4, -0.2) is 29.9 Å². The number of hydrogen-bond donors (Lipinski definition) is 1. The van der Waals surface area contributed by atoms with Crippen molar-refractivity contribution in [1.29, 1.82) is 0 Å². The SMILES string of the molecule is NC1CC[C@@H]2CN(C(=O)Cc3cccc(Cl)c3)C[C@@H]2C1. The minimum absolute atomic E-state index is 0.218. The van der Waals surface area contributed by atoms with Crippen LogP contribution >= 0.6 is 11.6 Å². The minimum Gasteiger partial charge on any atom is -0.342 e. The summed E-state index contributed by atoms with van der Waals surface area (Å²) in [4.78, 5) is 14.4. The molecule has 3 atom stereocenters. The van der Waals surface area contributed by atoms with Crippen LogP contribution in [0.15, 0.2) is 24.3 Å². The molecule has 2 aliphatic rings. The molecule has 20 heavy (non-hydrogen) atoms. The van der Waals surface area contributed by atoms with E-state index in [2.05, 4.69) is 0 Å². The predicted molar refractivity (Wildman–Crippen MR) is 80.5 cm³/mol. The number of rotatable bonds is 2. The van der Waals surface area contributed by atoms with Gasteiger partial charge < -0.3 is 10.6 Å². The number of benzene rings is 1. The topological polar surface area (TPSA) is 46.3 Å². The molecule has 108 valence electrons. The van der Waals surface area contributed by atoms with Crippen molar-refractivity contribution in [2.45, 2.75) is 31.7 Å². The Labute approximate surface area is 125 Å². The Kier molecular flexibility index (Phi) is 3.99. The molecule has 1 heterocycles. The van der Waals surface area contributed by atoms with E-state index >= 15 is 0 Å². The van der Waals surface area contributed by atoms with Crippen LogP contribution in [0.5, 0.6) is 0 Å². The number of amides is 1. The summed E-state index contributed by atoms with van der Waals surface area (Å²) in [7, 11) is 0. The lowest BCUT2D eigenvalue weighted by Gasteiger charge is -2.27. The van der Waals surface area contributed by atoms with Gasteiger partial charge in [0.25, 0.3) is 0 Å². The van der Waals surface area contributed by atoms with Gasteiger partial charge in [0, 0.05) is 24.2 Å². The molecule has 1 saturated carbocycles. The zero-order valence-electron chi connectivity index (χ0n) is 11.6. The molecule has 1 amide bonds. The van der Waals surface area contributed by atoms with Crippen molar-refractivity contribution in [3.8, 4) is 0 Å². The largest absolute Gasteiger partial charge is 0.342 e. The number of nitrogens with zero attached hydrogens (tertiary/aromatic N) is 1. The summed E-state index contributed by atoms with van der Waals surface area (Å²) in [6.07, 6.45) is 3.81. The summed E-state index contributed by atoms with van der Waals surface area (Å²) >= 11 is 5.96. The van der Waals surface area contributed by atoms with Gasteiger partial charge in [0.1, 0.15) is 0 Å². The molecule has 1 aliphatic heterocycles. The molecular weight excluding hydrogens is 272 g/mol. The molecule has 1 saturated heterocycles. The number of carbonyl (C=O) groups is 1. The van der Waals surface area contributed by atoms with Gasteiger partial charge in [-0.2, -0.15) is 0 Å².